The van der Waals surface area contributed by atoms with Crippen LogP contribution in [0.25, 0.3) is 5.69 Å². The highest BCUT2D eigenvalue weighted by molar-refractivity contribution is 5.31. The van der Waals surface area contributed by atoms with Gasteiger partial charge in [0.15, 0.2) is 0 Å². The summed E-state index contributed by atoms with van der Waals surface area (Å²) in [4.78, 5) is 0. The Morgan fingerprint density at radius 1 is 1.19 bits per heavy atom. The van der Waals surface area contributed by atoms with Crippen LogP contribution >= 0.6 is 0 Å². The second-order valence-corrected chi connectivity index (χ2v) is 4.80. The Morgan fingerprint density at radius 2 is 1.81 bits per heavy atom. The minimum atomic E-state index is -0.244. The van der Waals surface area contributed by atoms with E-state index in [0.29, 0.717) is 0 Å². The Hall–Kier alpha value is -1.64. The fraction of sp³-hybridized carbons (Fsp3) is 0.308. The summed E-state index contributed by atoms with van der Waals surface area (Å²) in [5.41, 5.74) is 1.79. The molecule has 0 amide bonds. The van der Waals surface area contributed by atoms with Crippen molar-refractivity contribution in [1.82, 2.24) is 9.78 Å². The molecule has 1 heterocycles. The van der Waals surface area contributed by atoms with Gasteiger partial charge in [-0.05, 0) is 30.3 Å². The molecule has 2 rings (SSSR count). The second-order valence-electron chi connectivity index (χ2n) is 4.80. The molecule has 83 valence electrons. The second kappa shape index (κ2) is 3.74. The van der Waals surface area contributed by atoms with E-state index in [0.717, 1.165) is 11.4 Å². The average Bonchev–Trinajstić information content (AvgIpc) is 2.67. The Morgan fingerprint density at radius 3 is 2.31 bits per heavy atom. The largest absolute Gasteiger partial charge is 0.231 e. The van der Waals surface area contributed by atoms with Crippen LogP contribution < -0.4 is 0 Å². The molecule has 0 aliphatic carbocycles. The van der Waals surface area contributed by atoms with Crippen molar-refractivity contribution in [3.8, 4) is 5.69 Å². The highest BCUT2D eigenvalue weighted by Crippen LogP contribution is 2.20. The zero-order chi connectivity index (χ0) is 11.8. The molecule has 1 aromatic heterocycles. The van der Waals surface area contributed by atoms with Gasteiger partial charge >= 0.3 is 0 Å². The minimum Gasteiger partial charge on any atom is -0.231 e. The van der Waals surface area contributed by atoms with Crippen molar-refractivity contribution in [3.05, 3.63) is 48.0 Å². The molecular weight excluding hydrogens is 203 g/mol. The number of benzene rings is 1. The Kier molecular flexibility index (Phi) is 2.54. The summed E-state index contributed by atoms with van der Waals surface area (Å²) in [6.45, 7) is 6.29. The quantitative estimate of drug-likeness (QED) is 0.717. The standard InChI is InChI=1S/C13H14FN2/c1-13(2,3)12-8-9-16(15-12)11-6-4-10(14)5-7-11/h4-8H,1-3H3. The maximum absolute atomic E-state index is 12.8. The van der Waals surface area contributed by atoms with Crippen LogP contribution in [0.2, 0.25) is 0 Å². The maximum Gasteiger partial charge on any atom is 0.123 e. The molecular formula is C13H14FN2. The Balaban J connectivity index is 2.35. The molecule has 3 heteroatoms. The van der Waals surface area contributed by atoms with Gasteiger partial charge in [-0.25, -0.2) is 9.07 Å². The molecule has 16 heavy (non-hydrogen) atoms. The van der Waals surface area contributed by atoms with Crippen molar-refractivity contribution in [2.75, 3.05) is 0 Å². The van der Waals surface area contributed by atoms with Crippen LogP contribution in [-0.2, 0) is 5.41 Å². The van der Waals surface area contributed by atoms with Crippen molar-refractivity contribution in [2.45, 2.75) is 26.2 Å². The SMILES string of the molecule is CC(C)(C)c1c[c]n(-c2ccc(F)cc2)n1. The fourth-order valence-electron chi connectivity index (χ4n) is 1.37. The van der Waals surface area contributed by atoms with E-state index in [9.17, 15) is 4.39 Å². The number of nitrogens with zero attached hydrogens (tertiary/aromatic N) is 2. The molecule has 2 nitrogen and oxygen atoms in total. The lowest BCUT2D eigenvalue weighted by Crippen LogP contribution is -2.12. The minimum absolute atomic E-state index is 0.00177. The maximum atomic E-state index is 12.8. The third-order valence-electron chi connectivity index (χ3n) is 2.37. The first kappa shape index (κ1) is 10.9. The molecule has 0 aliphatic rings. The summed E-state index contributed by atoms with van der Waals surface area (Å²) in [5, 5.41) is 4.42. The van der Waals surface area contributed by atoms with Crippen LogP contribution in [0.4, 0.5) is 4.39 Å². The van der Waals surface area contributed by atoms with Gasteiger partial charge in [0.2, 0.25) is 0 Å². The van der Waals surface area contributed by atoms with Crippen LogP contribution in [0.3, 0.4) is 0 Å². The zero-order valence-corrected chi connectivity index (χ0v) is 9.66. The van der Waals surface area contributed by atoms with Gasteiger partial charge < -0.3 is 0 Å². The zero-order valence-electron chi connectivity index (χ0n) is 9.66. The third kappa shape index (κ3) is 2.13. The van der Waals surface area contributed by atoms with Crippen molar-refractivity contribution < 1.29 is 4.39 Å². The molecule has 0 spiro atoms. The summed E-state index contributed by atoms with van der Waals surface area (Å²) in [6, 6.07) is 8.07. The predicted molar refractivity (Wildman–Crippen MR) is 61.1 cm³/mol. The Bertz CT molecular complexity index is 477. The molecule has 0 N–H and O–H groups in total. The Labute approximate surface area is 94.7 Å². The molecule has 0 fully saturated rings. The van der Waals surface area contributed by atoms with Gasteiger partial charge in [0.05, 0.1) is 17.6 Å². The smallest absolute Gasteiger partial charge is 0.123 e. The third-order valence-corrected chi connectivity index (χ3v) is 2.37. The molecule has 1 radical (unpaired) electrons. The topological polar surface area (TPSA) is 17.8 Å². The average molecular weight is 217 g/mol. The molecule has 1 aromatic carbocycles. The number of hydrogen-bond donors (Lipinski definition) is 0. The van der Waals surface area contributed by atoms with Crippen molar-refractivity contribution in [3.63, 3.8) is 0 Å². The van der Waals surface area contributed by atoms with E-state index < -0.39 is 0 Å². The van der Waals surface area contributed by atoms with Crippen LogP contribution in [-0.4, -0.2) is 9.78 Å². The highest BCUT2D eigenvalue weighted by Gasteiger charge is 2.17. The van der Waals surface area contributed by atoms with Crippen LogP contribution in [0.5, 0.6) is 0 Å². The first-order valence-corrected chi connectivity index (χ1v) is 5.21. The number of rotatable bonds is 1. The molecule has 2 aromatic rings. The van der Waals surface area contributed by atoms with Gasteiger partial charge in [-0.1, -0.05) is 20.8 Å². The van der Waals surface area contributed by atoms with Crippen molar-refractivity contribution >= 4 is 0 Å². The van der Waals surface area contributed by atoms with E-state index in [1.54, 1.807) is 16.8 Å². The van der Waals surface area contributed by atoms with Gasteiger partial charge in [-0.2, -0.15) is 5.10 Å². The van der Waals surface area contributed by atoms with E-state index in [4.69, 9.17) is 0 Å². The predicted octanol–water partition coefficient (Wildman–Crippen LogP) is 3.11. The lowest BCUT2D eigenvalue weighted by Gasteiger charge is -2.14. The summed E-state index contributed by atoms with van der Waals surface area (Å²) in [5.74, 6) is -0.244. The number of halogens is 1. The number of aromatic nitrogens is 2. The van der Waals surface area contributed by atoms with Gasteiger partial charge in [0, 0.05) is 5.41 Å². The molecule has 0 saturated carbocycles. The van der Waals surface area contributed by atoms with Crippen molar-refractivity contribution in [1.29, 1.82) is 0 Å². The van der Waals surface area contributed by atoms with Crippen LogP contribution in [0.15, 0.2) is 30.3 Å². The summed E-state index contributed by atoms with van der Waals surface area (Å²) < 4.78 is 14.4. The van der Waals surface area contributed by atoms with Gasteiger partial charge in [-0.3, -0.25) is 0 Å². The normalized spacial score (nSPS) is 11.8. The summed E-state index contributed by atoms with van der Waals surface area (Å²) in [7, 11) is 0. The number of hydrogen-bond acceptors (Lipinski definition) is 1. The van der Waals surface area contributed by atoms with Crippen LogP contribution in [0.1, 0.15) is 26.5 Å². The monoisotopic (exact) mass is 217 g/mol. The molecule has 0 aliphatic heterocycles. The van der Waals surface area contributed by atoms with Gasteiger partial charge in [0.1, 0.15) is 5.82 Å². The lowest BCUT2D eigenvalue weighted by molar-refractivity contribution is 0.560. The fourth-order valence-corrected chi connectivity index (χ4v) is 1.37. The van der Waals surface area contributed by atoms with E-state index in [1.165, 1.54) is 12.1 Å². The summed E-state index contributed by atoms with van der Waals surface area (Å²) in [6.07, 6.45) is 3.03. The molecule has 0 unspecified atom stereocenters. The molecule has 0 bridgehead atoms. The first-order chi connectivity index (χ1) is 7.47. The summed E-state index contributed by atoms with van der Waals surface area (Å²) >= 11 is 0. The highest BCUT2D eigenvalue weighted by atomic mass is 19.1. The molecule has 0 saturated heterocycles. The first-order valence-electron chi connectivity index (χ1n) is 5.21. The van der Waals surface area contributed by atoms with Gasteiger partial charge in [-0.15, -0.1) is 0 Å². The van der Waals surface area contributed by atoms with E-state index in [2.05, 4.69) is 32.1 Å². The van der Waals surface area contributed by atoms with E-state index in [-0.39, 0.29) is 11.2 Å². The van der Waals surface area contributed by atoms with Crippen LogP contribution in [0, 0.1) is 12.0 Å². The van der Waals surface area contributed by atoms with Crippen molar-refractivity contribution in [2.24, 2.45) is 0 Å². The molecule has 0 atom stereocenters. The van der Waals surface area contributed by atoms with E-state index in [1.807, 2.05) is 6.07 Å². The van der Waals surface area contributed by atoms with Gasteiger partial charge in [0.25, 0.3) is 0 Å². The van der Waals surface area contributed by atoms with E-state index >= 15 is 0 Å². The lowest BCUT2D eigenvalue weighted by atomic mass is 9.93.